The van der Waals surface area contributed by atoms with Crippen LogP contribution in [0.2, 0.25) is 0 Å². The normalized spacial score (nSPS) is 15.2. The molecule has 0 amide bonds. The predicted molar refractivity (Wildman–Crippen MR) is 77.1 cm³/mol. The molecule has 2 nitrogen and oxygen atoms in total. The molecule has 1 unspecified atom stereocenters. The lowest BCUT2D eigenvalue weighted by molar-refractivity contribution is -0.358. The highest BCUT2D eigenvalue weighted by atomic mass is 19.4. The van der Waals surface area contributed by atoms with Gasteiger partial charge >= 0.3 is 18.0 Å². The molecule has 0 radical (unpaired) electrons. The van der Waals surface area contributed by atoms with Crippen LogP contribution in [0.15, 0.2) is 24.3 Å². The van der Waals surface area contributed by atoms with Crippen LogP contribution in [0.3, 0.4) is 0 Å². The maximum Gasteiger partial charge on any atom is 0.459 e. The number of hydrogen-bond acceptors (Lipinski definition) is 2. The summed E-state index contributed by atoms with van der Waals surface area (Å²) in [6.45, 7) is 5.33. The highest BCUT2D eigenvalue weighted by Gasteiger charge is 2.73. The average molecular weight is 376 g/mol. The van der Waals surface area contributed by atoms with Gasteiger partial charge in [0.2, 0.25) is 0 Å². The second-order valence-corrected chi connectivity index (χ2v) is 6.49. The molecule has 1 atom stereocenters. The van der Waals surface area contributed by atoms with Crippen molar-refractivity contribution in [2.75, 3.05) is 7.11 Å². The SMILES string of the molecule is COC(CC(F)(F)C(F)(F)C(F)(F)F)c1ccc(OC(C)(C)C)cc1. The van der Waals surface area contributed by atoms with Gasteiger partial charge in [0.1, 0.15) is 11.4 Å². The van der Waals surface area contributed by atoms with Gasteiger partial charge in [-0.25, -0.2) is 0 Å². The molecule has 0 spiro atoms. The topological polar surface area (TPSA) is 18.5 Å². The van der Waals surface area contributed by atoms with E-state index in [1.165, 1.54) is 24.3 Å². The second kappa shape index (κ2) is 7.01. The molecule has 144 valence electrons. The maximum atomic E-state index is 13.5. The van der Waals surface area contributed by atoms with Gasteiger partial charge in [-0.3, -0.25) is 0 Å². The van der Waals surface area contributed by atoms with Gasteiger partial charge in [0.15, 0.2) is 0 Å². The van der Waals surface area contributed by atoms with Crippen LogP contribution < -0.4 is 4.74 Å². The number of ether oxygens (including phenoxy) is 2. The van der Waals surface area contributed by atoms with Crippen molar-refractivity contribution in [1.29, 1.82) is 0 Å². The first-order valence-electron chi connectivity index (χ1n) is 7.25. The molecule has 0 saturated heterocycles. The van der Waals surface area contributed by atoms with Crippen molar-refractivity contribution in [3.8, 4) is 5.75 Å². The zero-order chi connectivity index (χ0) is 19.7. The van der Waals surface area contributed by atoms with Crippen LogP contribution in [0.5, 0.6) is 5.75 Å². The molecular formula is C16H19F7O2. The fourth-order valence-electron chi connectivity index (χ4n) is 2.01. The highest BCUT2D eigenvalue weighted by molar-refractivity contribution is 5.29. The van der Waals surface area contributed by atoms with E-state index >= 15 is 0 Å². The van der Waals surface area contributed by atoms with Crippen molar-refractivity contribution in [2.24, 2.45) is 0 Å². The summed E-state index contributed by atoms with van der Waals surface area (Å²) in [7, 11) is 0.950. The maximum absolute atomic E-state index is 13.5. The lowest BCUT2D eigenvalue weighted by atomic mass is 9.98. The highest BCUT2D eigenvalue weighted by Crippen LogP contribution is 2.50. The van der Waals surface area contributed by atoms with Crippen molar-refractivity contribution < 1.29 is 40.2 Å². The summed E-state index contributed by atoms with van der Waals surface area (Å²) < 4.78 is 100.0. The van der Waals surface area contributed by atoms with E-state index in [0.717, 1.165) is 7.11 Å². The Morgan fingerprint density at radius 3 is 1.72 bits per heavy atom. The van der Waals surface area contributed by atoms with Crippen LogP contribution in [0, 0.1) is 0 Å². The molecule has 0 heterocycles. The van der Waals surface area contributed by atoms with E-state index < -0.39 is 36.1 Å². The van der Waals surface area contributed by atoms with Crippen LogP contribution in [-0.2, 0) is 4.74 Å². The van der Waals surface area contributed by atoms with E-state index in [1.54, 1.807) is 20.8 Å². The minimum atomic E-state index is -6.36. The molecule has 0 aliphatic carbocycles. The first kappa shape index (κ1) is 21.5. The number of rotatable bonds is 6. The Morgan fingerprint density at radius 2 is 1.36 bits per heavy atom. The van der Waals surface area contributed by atoms with Crippen molar-refractivity contribution in [1.82, 2.24) is 0 Å². The minimum Gasteiger partial charge on any atom is -0.488 e. The number of hydrogen-bond donors (Lipinski definition) is 0. The van der Waals surface area contributed by atoms with E-state index in [1.807, 2.05) is 0 Å². The second-order valence-electron chi connectivity index (χ2n) is 6.49. The quantitative estimate of drug-likeness (QED) is 0.587. The molecule has 0 fully saturated rings. The molecule has 0 aromatic heterocycles. The largest absolute Gasteiger partial charge is 0.488 e. The predicted octanol–water partition coefficient (Wildman–Crippen LogP) is 5.77. The third-order valence-electron chi connectivity index (χ3n) is 3.22. The van der Waals surface area contributed by atoms with Crippen molar-refractivity contribution in [3.63, 3.8) is 0 Å². The lowest BCUT2D eigenvalue weighted by Gasteiger charge is -2.30. The van der Waals surface area contributed by atoms with Gasteiger partial charge in [-0.15, -0.1) is 0 Å². The third-order valence-corrected chi connectivity index (χ3v) is 3.22. The van der Waals surface area contributed by atoms with Gasteiger partial charge in [-0.2, -0.15) is 30.7 Å². The molecular weight excluding hydrogens is 357 g/mol. The van der Waals surface area contributed by atoms with Crippen LogP contribution >= 0.6 is 0 Å². The van der Waals surface area contributed by atoms with Crippen molar-refractivity contribution >= 4 is 0 Å². The summed E-state index contributed by atoms with van der Waals surface area (Å²) in [6.07, 6.45) is -9.83. The van der Waals surface area contributed by atoms with Gasteiger partial charge in [-0.05, 0) is 38.5 Å². The van der Waals surface area contributed by atoms with E-state index in [-0.39, 0.29) is 5.56 Å². The molecule has 0 aliphatic rings. The number of methoxy groups -OCH3 is 1. The average Bonchev–Trinajstić information content (AvgIpc) is 2.42. The van der Waals surface area contributed by atoms with E-state index in [2.05, 4.69) is 0 Å². The van der Waals surface area contributed by atoms with Crippen molar-refractivity contribution in [2.45, 2.75) is 56.9 Å². The summed E-state index contributed by atoms with van der Waals surface area (Å²) in [5.74, 6) is -11.1. The number of alkyl halides is 7. The van der Waals surface area contributed by atoms with Gasteiger partial charge < -0.3 is 9.47 Å². The molecule has 25 heavy (non-hydrogen) atoms. The monoisotopic (exact) mass is 376 g/mol. The van der Waals surface area contributed by atoms with E-state index in [0.29, 0.717) is 5.75 Å². The Labute approximate surface area is 140 Å². The summed E-state index contributed by atoms with van der Waals surface area (Å²) in [5.41, 5.74) is -0.495. The molecule has 0 N–H and O–H groups in total. The Morgan fingerprint density at radius 1 is 0.880 bits per heavy atom. The van der Waals surface area contributed by atoms with Gasteiger partial charge in [-0.1, -0.05) is 12.1 Å². The van der Waals surface area contributed by atoms with Crippen LogP contribution in [0.25, 0.3) is 0 Å². The fourth-order valence-corrected chi connectivity index (χ4v) is 2.01. The zero-order valence-electron chi connectivity index (χ0n) is 14.1. The van der Waals surface area contributed by atoms with Crippen LogP contribution in [0.4, 0.5) is 30.7 Å². The van der Waals surface area contributed by atoms with Gasteiger partial charge in [0.05, 0.1) is 6.10 Å². The van der Waals surface area contributed by atoms with Crippen molar-refractivity contribution in [3.05, 3.63) is 29.8 Å². The Kier molecular flexibility index (Phi) is 6.04. The molecule has 1 aromatic rings. The first-order chi connectivity index (χ1) is 11.1. The molecule has 9 heteroatoms. The summed E-state index contributed by atoms with van der Waals surface area (Å²) in [5, 5.41) is 0. The molecule has 0 bridgehead atoms. The molecule has 1 rings (SSSR count). The Balaban J connectivity index is 2.99. The molecule has 1 aromatic carbocycles. The Hall–Kier alpha value is -1.51. The summed E-state index contributed by atoms with van der Waals surface area (Å²) in [6, 6.07) is 5.34. The summed E-state index contributed by atoms with van der Waals surface area (Å²) >= 11 is 0. The Bertz CT molecular complexity index is 559. The third kappa shape index (κ3) is 5.23. The lowest BCUT2D eigenvalue weighted by Crippen LogP contribution is -2.52. The standard InChI is InChI=1S/C16H19F7O2/c1-13(2,3)25-11-7-5-10(6-8-11)12(24-4)9-14(17,18)15(19,20)16(21,22)23/h5-8,12H,9H2,1-4H3. The van der Waals surface area contributed by atoms with Crippen LogP contribution in [0.1, 0.15) is 38.9 Å². The van der Waals surface area contributed by atoms with E-state index in [4.69, 9.17) is 9.47 Å². The van der Waals surface area contributed by atoms with Crippen LogP contribution in [-0.4, -0.2) is 30.7 Å². The minimum absolute atomic E-state index is 0.0291. The zero-order valence-corrected chi connectivity index (χ0v) is 14.1. The smallest absolute Gasteiger partial charge is 0.459 e. The number of halogens is 7. The van der Waals surface area contributed by atoms with Gasteiger partial charge in [0, 0.05) is 13.5 Å². The summed E-state index contributed by atoms with van der Waals surface area (Å²) in [4.78, 5) is 0. The molecule has 0 aliphatic heterocycles. The first-order valence-corrected chi connectivity index (χ1v) is 7.25. The van der Waals surface area contributed by atoms with Gasteiger partial charge in [0.25, 0.3) is 0 Å². The molecule has 0 saturated carbocycles. The van der Waals surface area contributed by atoms with E-state index in [9.17, 15) is 30.7 Å². The number of benzene rings is 1. The fraction of sp³-hybridized carbons (Fsp3) is 0.625.